The van der Waals surface area contributed by atoms with Gasteiger partial charge in [-0.25, -0.2) is 4.98 Å². The molecular weight excluding hydrogens is 384 g/mol. The number of thiazole rings is 1. The molecule has 1 fully saturated rings. The van der Waals surface area contributed by atoms with Gasteiger partial charge in [-0.05, 0) is 32.6 Å². The Morgan fingerprint density at radius 2 is 2.10 bits per heavy atom. The molecule has 0 spiro atoms. The number of carbonyl (C=O) groups excluding carboxylic acids is 2. The first-order chi connectivity index (χ1) is 13.7. The predicted molar refractivity (Wildman–Crippen MR) is 122 cm³/mol. The molecule has 1 aliphatic rings. The fourth-order valence-corrected chi connectivity index (χ4v) is 3.93. The minimum Gasteiger partial charge on any atom is -0.368 e. The predicted octanol–water partition coefficient (Wildman–Crippen LogP) is 4.47. The molecule has 1 aliphatic heterocycles. The van der Waals surface area contributed by atoms with Gasteiger partial charge in [-0.2, -0.15) is 0 Å². The highest BCUT2D eigenvalue weighted by atomic mass is 32.1. The highest BCUT2D eigenvalue weighted by Crippen LogP contribution is 2.26. The standard InChI is InChI=1S/C14H22N4O2S.C8H16/c1-14(2,3)10-8-21-13(17-10)16-7-11(19)18-6-4-5-9(18)12(15)20;1-3-5-7-8-6-4-2/h8-9H,4-7H2,1-3H3,(H2,15,20)(H,16,17);3,5H,4,6-8H2,1-2H3/b;5-3-/t9-;/m0./s1. The summed E-state index contributed by atoms with van der Waals surface area (Å²) in [6, 6.07) is -0.458. The summed E-state index contributed by atoms with van der Waals surface area (Å²) in [4.78, 5) is 29.5. The van der Waals surface area contributed by atoms with Crippen LogP contribution < -0.4 is 11.1 Å². The molecule has 1 atom stereocenters. The Kier molecular flexibility index (Phi) is 10.9. The summed E-state index contributed by atoms with van der Waals surface area (Å²) in [6.45, 7) is 11.3. The molecule has 0 aliphatic carbocycles. The van der Waals surface area contributed by atoms with Crippen LogP contribution in [0.4, 0.5) is 5.13 Å². The molecule has 2 rings (SSSR count). The summed E-state index contributed by atoms with van der Waals surface area (Å²) in [6.07, 6.45) is 11.2. The first-order valence-electron chi connectivity index (χ1n) is 10.6. The van der Waals surface area contributed by atoms with Crippen molar-refractivity contribution in [3.63, 3.8) is 0 Å². The average Bonchev–Trinajstić information content (AvgIpc) is 3.33. The summed E-state index contributed by atoms with van der Waals surface area (Å²) in [5.74, 6) is -0.533. The lowest BCUT2D eigenvalue weighted by Crippen LogP contribution is -2.45. The number of allylic oxidation sites excluding steroid dienone is 2. The molecule has 1 aromatic heterocycles. The van der Waals surface area contributed by atoms with Crippen molar-refractivity contribution in [3.8, 4) is 0 Å². The zero-order valence-corrected chi connectivity index (χ0v) is 19.5. The van der Waals surface area contributed by atoms with E-state index in [1.165, 1.54) is 37.0 Å². The molecule has 1 aromatic rings. The minimum absolute atomic E-state index is 0.00748. The number of anilines is 1. The minimum atomic E-state index is -0.458. The number of hydrogen-bond donors (Lipinski definition) is 2. The van der Waals surface area contributed by atoms with Crippen LogP contribution in [0.2, 0.25) is 0 Å². The smallest absolute Gasteiger partial charge is 0.242 e. The topological polar surface area (TPSA) is 88.3 Å². The lowest BCUT2D eigenvalue weighted by Gasteiger charge is -2.22. The second kappa shape index (κ2) is 12.6. The zero-order valence-electron chi connectivity index (χ0n) is 18.7. The molecule has 1 saturated heterocycles. The number of likely N-dealkylation sites (tertiary alicyclic amines) is 1. The number of primary amides is 1. The maximum absolute atomic E-state index is 12.2. The lowest BCUT2D eigenvalue weighted by molar-refractivity contribution is -0.135. The number of nitrogens with zero attached hydrogens (tertiary/aromatic N) is 2. The average molecular weight is 423 g/mol. The Bertz CT molecular complexity index is 664. The van der Waals surface area contributed by atoms with Gasteiger partial charge in [0.1, 0.15) is 6.04 Å². The summed E-state index contributed by atoms with van der Waals surface area (Å²) in [7, 11) is 0. The highest BCUT2D eigenvalue weighted by Gasteiger charge is 2.32. The number of nitrogens with two attached hydrogens (primary N) is 1. The second-order valence-electron chi connectivity index (χ2n) is 8.35. The Morgan fingerprint density at radius 3 is 2.66 bits per heavy atom. The van der Waals surface area contributed by atoms with E-state index in [1.807, 2.05) is 5.38 Å². The third-order valence-electron chi connectivity index (χ3n) is 4.78. The van der Waals surface area contributed by atoms with Gasteiger partial charge in [0.25, 0.3) is 0 Å². The molecule has 0 bridgehead atoms. The lowest BCUT2D eigenvalue weighted by atomic mass is 9.93. The van der Waals surface area contributed by atoms with E-state index in [2.05, 4.69) is 57.1 Å². The van der Waals surface area contributed by atoms with Gasteiger partial charge in [0.2, 0.25) is 11.8 Å². The van der Waals surface area contributed by atoms with Crippen LogP contribution in [-0.4, -0.2) is 40.8 Å². The Morgan fingerprint density at radius 1 is 1.38 bits per heavy atom. The Balaban J connectivity index is 0.000000447. The number of amides is 2. The Hall–Kier alpha value is -1.89. The van der Waals surface area contributed by atoms with Crippen molar-refractivity contribution >= 4 is 28.3 Å². The van der Waals surface area contributed by atoms with Crippen molar-refractivity contribution in [2.75, 3.05) is 18.4 Å². The zero-order chi connectivity index (χ0) is 21.9. The van der Waals surface area contributed by atoms with Crippen LogP contribution in [0.1, 0.15) is 78.8 Å². The summed E-state index contributed by atoms with van der Waals surface area (Å²) >= 11 is 1.48. The van der Waals surface area contributed by atoms with Crippen LogP contribution in [0.5, 0.6) is 0 Å². The van der Waals surface area contributed by atoms with E-state index < -0.39 is 11.9 Å². The van der Waals surface area contributed by atoms with E-state index in [1.54, 1.807) is 4.90 Å². The van der Waals surface area contributed by atoms with E-state index in [9.17, 15) is 9.59 Å². The number of aromatic nitrogens is 1. The third-order valence-corrected chi connectivity index (χ3v) is 5.58. The van der Waals surface area contributed by atoms with Crippen molar-refractivity contribution in [3.05, 3.63) is 23.2 Å². The molecule has 2 amide bonds. The van der Waals surface area contributed by atoms with Gasteiger partial charge in [0, 0.05) is 17.3 Å². The number of unbranched alkanes of at least 4 members (excludes halogenated alkanes) is 3. The molecule has 7 heteroatoms. The Labute approximate surface area is 180 Å². The number of rotatable bonds is 8. The molecule has 164 valence electrons. The monoisotopic (exact) mass is 422 g/mol. The van der Waals surface area contributed by atoms with Gasteiger partial charge in [-0.3, -0.25) is 9.59 Å². The summed E-state index contributed by atoms with van der Waals surface area (Å²) < 4.78 is 0. The van der Waals surface area contributed by atoms with Crippen molar-refractivity contribution in [1.82, 2.24) is 9.88 Å². The molecule has 0 saturated carbocycles. The van der Waals surface area contributed by atoms with Gasteiger partial charge in [-0.15, -0.1) is 11.3 Å². The summed E-state index contributed by atoms with van der Waals surface area (Å²) in [5.41, 5.74) is 6.31. The summed E-state index contributed by atoms with van der Waals surface area (Å²) in [5, 5.41) is 5.76. The van der Waals surface area contributed by atoms with Crippen molar-refractivity contribution in [2.24, 2.45) is 5.73 Å². The van der Waals surface area contributed by atoms with Crippen LogP contribution in [0.15, 0.2) is 17.5 Å². The first-order valence-corrected chi connectivity index (χ1v) is 11.5. The van der Waals surface area contributed by atoms with Gasteiger partial charge < -0.3 is 16.0 Å². The fraction of sp³-hybridized carbons (Fsp3) is 0.682. The van der Waals surface area contributed by atoms with Crippen LogP contribution in [0.3, 0.4) is 0 Å². The molecular formula is C22H38N4O2S. The molecule has 3 N–H and O–H groups in total. The van der Waals surface area contributed by atoms with E-state index in [4.69, 9.17) is 5.73 Å². The van der Waals surface area contributed by atoms with E-state index in [0.717, 1.165) is 17.2 Å². The molecule has 29 heavy (non-hydrogen) atoms. The van der Waals surface area contributed by atoms with Gasteiger partial charge in [-0.1, -0.05) is 52.7 Å². The van der Waals surface area contributed by atoms with E-state index in [-0.39, 0.29) is 17.9 Å². The number of hydrogen-bond acceptors (Lipinski definition) is 5. The van der Waals surface area contributed by atoms with Crippen molar-refractivity contribution in [2.45, 2.75) is 84.6 Å². The van der Waals surface area contributed by atoms with E-state index >= 15 is 0 Å². The molecule has 0 aromatic carbocycles. The van der Waals surface area contributed by atoms with Crippen LogP contribution in [0, 0.1) is 0 Å². The number of nitrogens with one attached hydrogen (secondary N) is 1. The SMILES string of the molecule is C/C=C\CCCCC.CC(C)(C)c1csc(NCC(=O)N2CCC[C@H]2C(N)=O)n1. The molecule has 2 heterocycles. The van der Waals surface area contributed by atoms with Crippen molar-refractivity contribution < 1.29 is 9.59 Å². The quantitative estimate of drug-likeness (QED) is 0.478. The second-order valence-corrected chi connectivity index (χ2v) is 9.21. The highest BCUT2D eigenvalue weighted by molar-refractivity contribution is 7.13. The van der Waals surface area contributed by atoms with Crippen molar-refractivity contribution in [1.29, 1.82) is 0 Å². The van der Waals surface area contributed by atoms with Crippen LogP contribution >= 0.6 is 11.3 Å². The molecule has 0 radical (unpaired) electrons. The van der Waals surface area contributed by atoms with Crippen LogP contribution in [-0.2, 0) is 15.0 Å². The molecule has 0 unspecified atom stereocenters. The van der Waals surface area contributed by atoms with Gasteiger partial charge >= 0.3 is 0 Å². The number of carbonyl (C=O) groups is 2. The van der Waals surface area contributed by atoms with Crippen LogP contribution in [0.25, 0.3) is 0 Å². The fourth-order valence-electron chi connectivity index (χ4n) is 2.99. The normalized spacial score (nSPS) is 16.6. The largest absolute Gasteiger partial charge is 0.368 e. The maximum atomic E-state index is 12.2. The van der Waals surface area contributed by atoms with E-state index in [0.29, 0.717) is 13.0 Å². The van der Waals surface area contributed by atoms with Gasteiger partial charge in [0.15, 0.2) is 5.13 Å². The first kappa shape index (κ1) is 25.1. The molecule has 6 nitrogen and oxygen atoms in total. The van der Waals surface area contributed by atoms with Gasteiger partial charge in [0.05, 0.1) is 12.2 Å². The maximum Gasteiger partial charge on any atom is 0.242 e. The third kappa shape index (κ3) is 8.98.